The summed E-state index contributed by atoms with van der Waals surface area (Å²) in [7, 11) is 0. The van der Waals surface area contributed by atoms with Crippen molar-refractivity contribution in [2.24, 2.45) is 0 Å². The fourth-order valence-corrected chi connectivity index (χ4v) is 6.89. The first-order valence-corrected chi connectivity index (χ1v) is 20.1. The first-order valence-electron chi connectivity index (χ1n) is 20.1. The van der Waals surface area contributed by atoms with Gasteiger partial charge in [-0.05, 0) is 54.4 Å². The van der Waals surface area contributed by atoms with Crippen LogP contribution in [-0.2, 0) is 22.6 Å². The van der Waals surface area contributed by atoms with E-state index in [1.165, 1.54) is 94.6 Å². The van der Waals surface area contributed by atoms with Crippen molar-refractivity contribution in [2.75, 3.05) is 13.2 Å². The van der Waals surface area contributed by atoms with E-state index in [9.17, 15) is 4.79 Å². The summed E-state index contributed by atoms with van der Waals surface area (Å²) in [5.41, 5.74) is 4.45. The maximum Gasteiger partial charge on any atom is 0.317 e. The lowest BCUT2D eigenvalue weighted by molar-refractivity contribution is -0.697. The number of rotatable bonds is 27. The van der Waals surface area contributed by atoms with Crippen molar-refractivity contribution in [1.82, 2.24) is 0 Å². The van der Waals surface area contributed by atoms with E-state index in [1.54, 1.807) is 0 Å². The van der Waals surface area contributed by atoms with Crippen LogP contribution >= 0.6 is 0 Å². The number of unbranched alkanes of at least 4 members (excludes halogenated alkanes) is 16. The fourth-order valence-electron chi connectivity index (χ4n) is 6.89. The molecule has 0 aliphatic carbocycles. The summed E-state index contributed by atoms with van der Waals surface area (Å²) in [5.74, 6) is -0.559. The van der Waals surface area contributed by atoms with E-state index in [0.717, 1.165) is 56.3 Å². The third kappa shape index (κ3) is 15.9. The van der Waals surface area contributed by atoms with Crippen molar-refractivity contribution < 1.29 is 23.8 Å². The monoisotopic (exact) mass is 692 g/mol. The van der Waals surface area contributed by atoms with Gasteiger partial charge in [0.15, 0.2) is 24.8 Å². The minimum absolute atomic E-state index is 0.174. The lowest BCUT2D eigenvalue weighted by Gasteiger charge is -2.17. The largest absolute Gasteiger partial charge is 0.465 e. The summed E-state index contributed by atoms with van der Waals surface area (Å²) in [5, 5.41) is 8.83. The van der Waals surface area contributed by atoms with E-state index in [1.807, 2.05) is 60.7 Å². The summed E-state index contributed by atoms with van der Waals surface area (Å²) in [4.78, 5) is 13.1. The Hall–Kier alpha value is -3.83. The molecule has 0 saturated carbocycles. The van der Waals surface area contributed by atoms with Gasteiger partial charge in [0.1, 0.15) is 19.0 Å². The number of nitrogens with zero attached hydrogens (tertiary/aromatic N) is 2. The molecule has 4 aromatic rings. The molecule has 2 heterocycles. The second-order valence-corrected chi connectivity index (χ2v) is 14.2. The molecule has 5 heteroatoms. The molecular formula is C46H64N2O3+2. The predicted molar refractivity (Wildman–Crippen MR) is 208 cm³/mol. The number of carbonyl (C=O) groups excluding carboxylic acids is 1. The van der Waals surface area contributed by atoms with Crippen LogP contribution in [0.25, 0.3) is 11.1 Å². The molecule has 0 amide bonds. The van der Waals surface area contributed by atoms with Gasteiger partial charge < -0.3 is 9.84 Å². The molecule has 0 aliphatic rings. The van der Waals surface area contributed by atoms with Crippen LogP contribution in [0.3, 0.4) is 0 Å². The molecule has 2 aromatic carbocycles. The second-order valence-electron chi connectivity index (χ2n) is 14.2. The summed E-state index contributed by atoms with van der Waals surface area (Å²) in [6.07, 6.45) is 31.4. The Balaban J connectivity index is 1.02. The van der Waals surface area contributed by atoms with E-state index in [0.29, 0.717) is 13.2 Å². The normalized spacial score (nSPS) is 11.3. The number of aryl methyl sites for hydroxylation is 2. The first-order chi connectivity index (χ1) is 25.2. The van der Waals surface area contributed by atoms with Crippen LogP contribution in [-0.4, -0.2) is 24.3 Å². The highest BCUT2D eigenvalue weighted by molar-refractivity contribution is 5.82. The number of hydrogen-bond acceptors (Lipinski definition) is 3. The molecule has 51 heavy (non-hydrogen) atoms. The first kappa shape index (κ1) is 39.9. The molecule has 274 valence electrons. The lowest BCUT2D eigenvalue weighted by atomic mass is 9.91. The average molecular weight is 693 g/mol. The number of aliphatic hydroxyl groups is 1. The van der Waals surface area contributed by atoms with Gasteiger partial charge in [-0.15, -0.1) is 0 Å². The predicted octanol–water partition coefficient (Wildman–Crippen LogP) is 10.3. The second kappa shape index (κ2) is 25.2. The molecule has 5 nitrogen and oxygen atoms in total. The summed E-state index contributed by atoms with van der Waals surface area (Å²) >= 11 is 0. The number of aliphatic hydroxyl groups excluding tert-OH is 1. The highest BCUT2D eigenvalue weighted by Crippen LogP contribution is 2.26. The van der Waals surface area contributed by atoms with Crippen molar-refractivity contribution in [1.29, 1.82) is 0 Å². The van der Waals surface area contributed by atoms with Crippen LogP contribution in [0.15, 0.2) is 110 Å². The van der Waals surface area contributed by atoms with Crippen molar-refractivity contribution >= 4 is 5.97 Å². The number of benzene rings is 2. The average Bonchev–Trinajstić information content (AvgIpc) is 3.17. The summed E-state index contributed by atoms with van der Waals surface area (Å²) in [6, 6.07) is 28.7. The molecule has 0 saturated heterocycles. The van der Waals surface area contributed by atoms with E-state index in [4.69, 9.17) is 9.84 Å². The van der Waals surface area contributed by atoms with E-state index >= 15 is 0 Å². The third-order valence-electron chi connectivity index (χ3n) is 10.00. The zero-order chi connectivity index (χ0) is 35.6. The number of aromatic nitrogens is 2. The highest BCUT2D eigenvalue weighted by atomic mass is 16.5. The molecule has 0 atom stereocenters. The molecule has 0 aliphatic heterocycles. The minimum atomic E-state index is -0.386. The number of pyridine rings is 2. The lowest BCUT2D eigenvalue weighted by Crippen LogP contribution is -2.33. The highest BCUT2D eigenvalue weighted by Gasteiger charge is 2.23. The smallest absolute Gasteiger partial charge is 0.317 e. The van der Waals surface area contributed by atoms with E-state index in [2.05, 4.69) is 58.2 Å². The summed E-state index contributed by atoms with van der Waals surface area (Å²) in [6.45, 7) is 2.90. The Labute approximate surface area is 308 Å². The number of carbonyl (C=O) groups is 1. The number of hydrogen-bond donors (Lipinski definition) is 1. The number of esters is 1. The summed E-state index contributed by atoms with van der Waals surface area (Å²) < 4.78 is 10.3. The van der Waals surface area contributed by atoms with Gasteiger partial charge in [0.2, 0.25) is 0 Å². The van der Waals surface area contributed by atoms with Gasteiger partial charge in [-0.3, -0.25) is 4.79 Å². The van der Waals surface area contributed by atoms with Gasteiger partial charge in [-0.25, -0.2) is 9.13 Å². The third-order valence-corrected chi connectivity index (χ3v) is 10.00. The molecule has 4 rings (SSSR count). The Morgan fingerprint density at radius 2 is 0.824 bits per heavy atom. The molecule has 1 N–H and O–H groups in total. The van der Waals surface area contributed by atoms with Crippen molar-refractivity contribution in [2.45, 2.75) is 135 Å². The van der Waals surface area contributed by atoms with Crippen LogP contribution in [0.1, 0.15) is 133 Å². The molecule has 0 bridgehead atoms. The zero-order valence-corrected chi connectivity index (χ0v) is 31.2. The topological polar surface area (TPSA) is 54.3 Å². The molecular weight excluding hydrogens is 629 g/mol. The standard InChI is InChI=1S/C46H64N2O3/c49-39-23-13-10-8-6-4-2-1-3-5-7-9-11-21-33-47-35-29-41(30-36-47)42-31-37-48(38-32-42)34-22-12-14-24-40-51-46(50)45(43-25-17-15-18-26-43)44-27-19-16-20-28-44/h15-20,25-32,35-38,45,49H,1-14,21-24,33-34,39-40H2/q+2. The van der Waals surface area contributed by atoms with E-state index in [-0.39, 0.29) is 11.9 Å². The molecule has 2 aromatic heterocycles. The van der Waals surface area contributed by atoms with Crippen LogP contribution < -0.4 is 9.13 Å². The Kier molecular flexibility index (Phi) is 19.7. The number of ether oxygens (including phenoxy) is 1. The van der Waals surface area contributed by atoms with Crippen molar-refractivity contribution in [3.05, 3.63) is 121 Å². The maximum atomic E-state index is 13.1. The van der Waals surface area contributed by atoms with Gasteiger partial charge in [0, 0.05) is 43.7 Å². The van der Waals surface area contributed by atoms with E-state index < -0.39 is 0 Å². The van der Waals surface area contributed by atoms with Crippen LogP contribution in [0, 0.1) is 0 Å². The SMILES string of the molecule is O=C(OCCCCCC[n+]1ccc(-c2cc[n+](CCCCCCCCCCCCCCCCO)cc2)cc1)C(c1ccccc1)c1ccccc1. The zero-order valence-electron chi connectivity index (χ0n) is 31.2. The van der Waals surface area contributed by atoms with Crippen molar-refractivity contribution in [3.8, 4) is 11.1 Å². The van der Waals surface area contributed by atoms with Crippen LogP contribution in [0.4, 0.5) is 0 Å². The Bertz CT molecular complexity index is 1400. The van der Waals surface area contributed by atoms with Gasteiger partial charge in [0.25, 0.3) is 0 Å². The van der Waals surface area contributed by atoms with Crippen LogP contribution in [0.2, 0.25) is 0 Å². The fraction of sp³-hybridized carbons (Fsp3) is 0.500. The van der Waals surface area contributed by atoms with Gasteiger partial charge in [0.05, 0.1) is 6.61 Å². The Morgan fingerprint density at radius 3 is 1.22 bits per heavy atom. The molecule has 0 fully saturated rings. The van der Waals surface area contributed by atoms with Crippen LogP contribution in [0.5, 0.6) is 0 Å². The van der Waals surface area contributed by atoms with Crippen molar-refractivity contribution in [3.63, 3.8) is 0 Å². The minimum Gasteiger partial charge on any atom is -0.465 e. The quantitative estimate of drug-likeness (QED) is 0.0385. The maximum absolute atomic E-state index is 13.1. The van der Waals surface area contributed by atoms with Gasteiger partial charge >= 0.3 is 5.97 Å². The molecule has 0 spiro atoms. The Morgan fingerprint density at radius 1 is 0.471 bits per heavy atom. The van der Waals surface area contributed by atoms with Gasteiger partial charge in [-0.1, -0.05) is 131 Å². The van der Waals surface area contributed by atoms with Gasteiger partial charge in [-0.2, -0.15) is 0 Å². The molecule has 0 unspecified atom stereocenters. The molecule has 0 radical (unpaired) electrons.